The molecule has 0 unspecified atom stereocenters. The maximum absolute atomic E-state index is 11.7. The van der Waals surface area contributed by atoms with Crippen LogP contribution in [0.25, 0.3) is 16.4 Å². The highest BCUT2D eigenvalue weighted by Crippen LogP contribution is 2.20. The van der Waals surface area contributed by atoms with Gasteiger partial charge in [-0.05, 0) is 29.7 Å². The molecule has 2 aromatic heterocycles. The Morgan fingerprint density at radius 1 is 1.06 bits per heavy atom. The van der Waals surface area contributed by atoms with Crippen LogP contribution in [0.4, 0.5) is 0 Å². The monoisotopic (exact) mass is 225 g/mol. The maximum Gasteiger partial charge on any atom is 0.355 e. The van der Waals surface area contributed by atoms with E-state index in [1.54, 1.807) is 6.07 Å². The van der Waals surface area contributed by atoms with Crippen molar-refractivity contribution in [2.45, 2.75) is 0 Å². The summed E-state index contributed by atoms with van der Waals surface area (Å²) in [7, 11) is 1.40. The van der Waals surface area contributed by atoms with Crippen molar-refractivity contribution < 1.29 is 9.53 Å². The second-order valence-corrected chi connectivity index (χ2v) is 3.86. The van der Waals surface area contributed by atoms with Gasteiger partial charge in [0.15, 0.2) is 0 Å². The summed E-state index contributed by atoms with van der Waals surface area (Å²) in [6.07, 6.45) is 0. The number of carbonyl (C=O) groups is 1. The van der Waals surface area contributed by atoms with Crippen LogP contribution in [0.2, 0.25) is 0 Å². The molecule has 0 fully saturated rings. The molecule has 0 aliphatic carbocycles. The standard InChI is InChI=1S/C14H11NO2/c1-17-14(16)13-9-8-11-7-6-10-4-2-3-5-12(10)15(11)13/h2-9H,1H3. The molecule has 0 aliphatic rings. The zero-order valence-electron chi connectivity index (χ0n) is 9.38. The number of carbonyl (C=O) groups excluding carboxylic acids is 1. The molecule has 0 aliphatic heterocycles. The molecule has 0 amide bonds. The van der Waals surface area contributed by atoms with Crippen LogP contribution in [0.3, 0.4) is 0 Å². The number of nitrogens with zero attached hydrogens (tertiary/aromatic N) is 1. The summed E-state index contributed by atoms with van der Waals surface area (Å²) < 4.78 is 6.71. The van der Waals surface area contributed by atoms with Crippen molar-refractivity contribution in [3.8, 4) is 0 Å². The van der Waals surface area contributed by atoms with Crippen molar-refractivity contribution in [1.82, 2.24) is 4.40 Å². The Labute approximate surface area is 98.2 Å². The third-order valence-corrected chi connectivity index (χ3v) is 2.92. The van der Waals surface area contributed by atoms with Crippen molar-refractivity contribution in [3.05, 3.63) is 54.2 Å². The second-order valence-electron chi connectivity index (χ2n) is 3.86. The first-order valence-electron chi connectivity index (χ1n) is 5.39. The Hall–Kier alpha value is -2.29. The number of hydrogen-bond donors (Lipinski definition) is 0. The van der Waals surface area contributed by atoms with E-state index in [1.807, 2.05) is 46.9 Å². The van der Waals surface area contributed by atoms with E-state index in [1.165, 1.54) is 7.11 Å². The van der Waals surface area contributed by atoms with E-state index < -0.39 is 0 Å². The van der Waals surface area contributed by atoms with Gasteiger partial charge in [0.05, 0.1) is 12.6 Å². The van der Waals surface area contributed by atoms with Crippen molar-refractivity contribution in [2.24, 2.45) is 0 Å². The summed E-state index contributed by atoms with van der Waals surface area (Å²) >= 11 is 0. The highest BCUT2D eigenvalue weighted by atomic mass is 16.5. The van der Waals surface area contributed by atoms with Gasteiger partial charge in [-0.2, -0.15) is 0 Å². The van der Waals surface area contributed by atoms with Gasteiger partial charge >= 0.3 is 5.97 Å². The van der Waals surface area contributed by atoms with Gasteiger partial charge in [-0.25, -0.2) is 4.79 Å². The Morgan fingerprint density at radius 2 is 1.82 bits per heavy atom. The number of para-hydroxylation sites is 1. The molecule has 0 N–H and O–H groups in total. The smallest absolute Gasteiger partial charge is 0.355 e. The lowest BCUT2D eigenvalue weighted by Crippen LogP contribution is -2.05. The zero-order chi connectivity index (χ0) is 11.8. The van der Waals surface area contributed by atoms with Crippen LogP contribution in [0, 0.1) is 0 Å². The first kappa shape index (κ1) is 9.90. The Morgan fingerprint density at radius 3 is 2.65 bits per heavy atom. The largest absolute Gasteiger partial charge is 0.464 e. The minimum Gasteiger partial charge on any atom is -0.464 e. The first-order chi connectivity index (χ1) is 8.31. The van der Waals surface area contributed by atoms with E-state index in [-0.39, 0.29) is 5.97 Å². The van der Waals surface area contributed by atoms with E-state index in [9.17, 15) is 4.79 Å². The fourth-order valence-electron chi connectivity index (χ4n) is 2.12. The number of pyridine rings is 1. The SMILES string of the molecule is COC(=O)c1ccc2ccc3ccccc3n12. The molecule has 17 heavy (non-hydrogen) atoms. The van der Waals surface area contributed by atoms with Crippen LogP contribution in [0.1, 0.15) is 10.5 Å². The molecule has 1 aromatic carbocycles. The van der Waals surface area contributed by atoms with Crippen LogP contribution in [0.5, 0.6) is 0 Å². The van der Waals surface area contributed by atoms with Crippen LogP contribution in [-0.4, -0.2) is 17.5 Å². The van der Waals surface area contributed by atoms with E-state index in [4.69, 9.17) is 4.74 Å². The molecule has 2 heterocycles. The van der Waals surface area contributed by atoms with Crippen LogP contribution < -0.4 is 0 Å². The van der Waals surface area contributed by atoms with Gasteiger partial charge in [-0.1, -0.05) is 24.3 Å². The minimum absolute atomic E-state index is 0.318. The number of esters is 1. The molecule has 3 heteroatoms. The second kappa shape index (κ2) is 3.63. The van der Waals surface area contributed by atoms with Gasteiger partial charge in [-0.3, -0.25) is 0 Å². The normalized spacial score (nSPS) is 10.9. The van der Waals surface area contributed by atoms with Crippen molar-refractivity contribution in [2.75, 3.05) is 7.11 Å². The number of aromatic nitrogens is 1. The summed E-state index contributed by atoms with van der Waals surface area (Å²) in [6, 6.07) is 15.7. The maximum atomic E-state index is 11.7. The Kier molecular flexibility index (Phi) is 2.11. The zero-order valence-corrected chi connectivity index (χ0v) is 9.38. The predicted octanol–water partition coefficient (Wildman–Crippen LogP) is 2.88. The minimum atomic E-state index is -0.318. The molecule has 3 nitrogen and oxygen atoms in total. The van der Waals surface area contributed by atoms with Gasteiger partial charge in [0.1, 0.15) is 5.69 Å². The molecule has 0 bridgehead atoms. The summed E-state index contributed by atoms with van der Waals surface area (Å²) in [5.41, 5.74) is 2.55. The van der Waals surface area contributed by atoms with Crippen molar-refractivity contribution in [3.63, 3.8) is 0 Å². The number of hydrogen-bond acceptors (Lipinski definition) is 2. The summed E-state index contributed by atoms with van der Waals surface area (Å²) in [5.74, 6) is -0.318. The van der Waals surface area contributed by atoms with Gasteiger partial charge in [0.2, 0.25) is 0 Å². The van der Waals surface area contributed by atoms with E-state index >= 15 is 0 Å². The van der Waals surface area contributed by atoms with Gasteiger partial charge in [0.25, 0.3) is 0 Å². The average molecular weight is 225 g/mol. The van der Waals surface area contributed by atoms with E-state index in [0.717, 1.165) is 16.4 Å². The number of ether oxygens (including phenoxy) is 1. The fourth-order valence-corrected chi connectivity index (χ4v) is 2.12. The van der Waals surface area contributed by atoms with E-state index in [2.05, 4.69) is 0 Å². The number of methoxy groups -OCH3 is 1. The Balaban J connectivity index is 2.46. The molecule has 0 atom stereocenters. The summed E-state index contributed by atoms with van der Waals surface area (Å²) in [6.45, 7) is 0. The van der Waals surface area contributed by atoms with Crippen LogP contribution in [0.15, 0.2) is 48.5 Å². The highest BCUT2D eigenvalue weighted by molar-refractivity contribution is 5.93. The van der Waals surface area contributed by atoms with Gasteiger partial charge in [-0.15, -0.1) is 0 Å². The first-order valence-corrected chi connectivity index (χ1v) is 5.39. The molecule has 3 rings (SSSR count). The number of fused-ring (bicyclic) bond motifs is 3. The van der Waals surface area contributed by atoms with Gasteiger partial charge < -0.3 is 9.14 Å². The number of rotatable bonds is 1. The molecule has 0 saturated heterocycles. The molecule has 0 saturated carbocycles. The molecular weight excluding hydrogens is 214 g/mol. The topological polar surface area (TPSA) is 30.7 Å². The van der Waals surface area contributed by atoms with Crippen LogP contribution in [-0.2, 0) is 4.74 Å². The third-order valence-electron chi connectivity index (χ3n) is 2.92. The average Bonchev–Trinajstić information content (AvgIpc) is 2.82. The third kappa shape index (κ3) is 1.40. The predicted molar refractivity (Wildman–Crippen MR) is 66.2 cm³/mol. The van der Waals surface area contributed by atoms with E-state index in [0.29, 0.717) is 5.69 Å². The molecule has 3 aromatic rings. The van der Waals surface area contributed by atoms with Crippen molar-refractivity contribution in [1.29, 1.82) is 0 Å². The number of benzene rings is 1. The molecular formula is C14H11NO2. The molecule has 0 spiro atoms. The lowest BCUT2D eigenvalue weighted by molar-refractivity contribution is 0.0593. The van der Waals surface area contributed by atoms with Gasteiger partial charge in [0, 0.05) is 5.52 Å². The Bertz CT molecular complexity index is 712. The summed E-state index contributed by atoms with van der Waals surface area (Å²) in [5, 5.41) is 1.10. The molecule has 84 valence electrons. The lowest BCUT2D eigenvalue weighted by Gasteiger charge is -2.05. The van der Waals surface area contributed by atoms with Crippen molar-refractivity contribution >= 4 is 22.4 Å². The van der Waals surface area contributed by atoms with Crippen LogP contribution >= 0.6 is 0 Å². The quantitative estimate of drug-likeness (QED) is 0.596. The summed E-state index contributed by atoms with van der Waals surface area (Å²) in [4.78, 5) is 11.7. The lowest BCUT2D eigenvalue weighted by atomic mass is 10.2. The molecule has 0 radical (unpaired) electrons. The highest BCUT2D eigenvalue weighted by Gasteiger charge is 2.12. The fraction of sp³-hybridized carbons (Fsp3) is 0.0714.